The smallest absolute Gasteiger partial charge is 0.426 e. The molecule has 0 radical (unpaired) electrons. The van der Waals surface area contributed by atoms with Crippen LogP contribution in [0.15, 0.2) is 0 Å². The van der Waals surface area contributed by atoms with Gasteiger partial charge in [0, 0.05) is 12.8 Å². The van der Waals surface area contributed by atoms with Crippen molar-refractivity contribution in [3.05, 3.63) is 0 Å². The van der Waals surface area contributed by atoms with Crippen molar-refractivity contribution in [2.75, 3.05) is 0 Å². The maximum Gasteiger partial charge on any atom is 0.426 e. The largest absolute Gasteiger partial charge is 0.481 e. The summed E-state index contributed by atoms with van der Waals surface area (Å²) < 4.78 is 5.08. The third-order valence-electron chi connectivity index (χ3n) is 2.47. The standard InChI is InChI=1S/C15H28N2O7/c1-10(9-15(5,6)24-23-14(2,3)4)22-13(21)17-16-11(18)7-8-12(19)20/h10H,7-9H2,1-6H3,(H,16,18)(H,17,21)(H,19,20). The van der Waals surface area contributed by atoms with Gasteiger partial charge in [-0.05, 0) is 41.5 Å². The number of hydrazine groups is 1. The number of hydrogen-bond acceptors (Lipinski definition) is 6. The molecule has 0 rings (SSSR count). The highest BCUT2D eigenvalue weighted by Crippen LogP contribution is 2.22. The van der Waals surface area contributed by atoms with Crippen molar-refractivity contribution in [1.29, 1.82) is 0 Å². The van der Waals surface area contributed by atoms with Crippen molar-refractivity contribution in [2.24, 2.45) is 0 Å². The Morgan fingerprint density at radius 2 is 1.58 bits per heavy atom. The molecule has 1 atom stereocenters. The van der Waals surface area contributed by atoms with E-state index >= 15 is 0 Å². The summed E-state index contributed by atoms with van der Waals surface area (Å²) in [6.07, 6.45) is -1.55. The fourth-order valence-corrected chi connectivity index (χ4v) is 1.62. The number of carbonyl (C=O) groups excluding carboxylic acids is 2. The van der Waals surface area contributed by atoms with Crippen molar-refractivity contribution in [1.82, 2.24) is 10.9 Å². The Bertz CT molecular complexity index is 444. The molecule has 0 fully saturated rings. The van der Waals surface area contributed by atoms with Gasteiger partial charge < -0.3 is 9.84 Å². The van der Waals surface area contributed by atoms with Crippen molar-refractivity contribution >= 4 is 18.0 Å². The van der Waals surface area contributed by atoms with Crippen molar-refractivity contribution in [3.8, 4) is 0 Å². The van der Waals surface area contributed by atoms with Crippen LogP contribution in [0.25, 0.3) is 0 Å². The highest BCUT2D eigenvalue weighted by atomic mass is 17.2. The van der Waals surface area contributed by atoms with E-state index in [1.165, 1.54) is 0 Å². The normalized spacial score (nSPS) is 13.1. The van der Waals surface area contributed by atoms with Gasteiger partial charge in [0.25, 0.3) is 0 Å². The van der Waals surface area contributed by atoms with Crippen LogP contribution in [0, 0.1) is 0 Å². The highest BCUT2D eigenvalue weighted by Gasteiger charge is 2.27. The number of carboxylic acid groups (broad SMARTS) is 1. The molecule has 0 saturated carbocycles. The van der Waals surface area contributed by atoms with Crippen molar-refractivity contribution in [3.63, 3.8) is 0 Å². The van der Waals surface area contributed by atoms with E-state index in [1.807, 2.05) is 20.8 Å². The second kappa shape index (κ2) is 9.43. The fraction of sp³-hybridized carbons (Fsp3) is 0.800. The monoisotopic (exact) mass is 348 g/mol. The lowest BCUT2D eigenvalue weighted by atomic mass is 10.0. The molecule has 9 nitrogen and oxygen atoms in total. The molecule has 3 N–H and O–H groups in total. The van der Waals surface area contributed by atoms with Gasteiger partial charge in [0.2, 0.25) is 5.91 Å². The molecule has 140 valence electrons. The van der Waals surface area contributed by atoms with Gasteiger partial charge in [-0.2, -0.15) is 0 Å². The summed E-state index contributed by atoms with van der Waals surface area (Å²) in [4.78, 5) is 43.8. The summed E-state index contributed by atoms with van der Waals surface area (Å²) in [5, 5.41) is 8.45. The lowest BCUT2D eigenvalue weighted by Gasteiger charge is -2.30. The molecule has 0 spiro atoms. The van der Waals surface area contributed by atoms with Crippen LogP contribution in [0.3, 0.4) is 0 Å². The highest BCUT2D eigenvalue weighted by molar-refractivity contribution is 5.82. The lowest BCUT2D eigenvalue weighted by molar-refractivity contribution is -0.399. The van der Waals surface area contributed by atoms with Gasteiger partial charge in [-0.15, -0.1) is 0 Å². The molecule has 0 aromatic carbocycles. The van der Waals surface area contributed by atoms with Gasteiger partial charge in [0.1, 0.15) is 11.7 Å². The average molecular weight is 348 g/mol. The van der Waals surface area contributed by atoms with Crippen LogP contribution < -0.4 is 10.9 Å². The number of carbonyl (C=O) groups is 3. The summed E-state index contributed by atoms with van der Waals surface area (Å²) in [6.45, 7) is 10.8. The van der Waals surface area contributed by atoms with E-state index in [9.17, 15) is 14.4 Å². The average Bonchev–Trinajstić information content (AvgIpc) is 2.39. The predicted octanol–water partition coefficient (Wildman–Crippen LogP) is 1.91. The zero-order chi connectivity index (χ0) is 19.0. The number of carboxylic acids is 1. The van der Waals surface area contributed by atoms with E-state index in [4.69, 9.17) is 19.6 Å². The van der Waals surface area contributed by atoms with Crippen molar-refractivity contribution in [2.45, 2.75) is 78.1 Å². The molecular weight excluding hydrogens is 320 g/mol. The van der Waals surface area contributed by atoms with E-state index in [0.717, 1.165) is 0 Å². The Kier molecular flexibility index (Phi) is 8.70. The Balaban J connectivity index is 4.12. The first kappa shape index (κ1) is 22.1. The molecule has 0 heterocycles. The molecule has 0 saturated heterocycles. The Hall–Kier alpha value is -1.87. The topological polar surface area (TPSA) is 123 Å². The van der Waals surface area contributed by atoms with E-state index in [1.54, 1.807) is 20.8 Å². The summed E-state index contributed by atoms with van der Waals surface area (Å²) in [5.74, 6) is -1.72. The van der Waals surface area contributed by atoms with Gasteiger partial charge in [0.15, 0.2) is 0 Å². The van der Waals surface area contributed by atoms with Gasteiger partial charge >= 0.3 is 12.1 Å². The number of amides is 2. The van der Waals surface area contributed by atoms with Crippen LogP contribution >= 0.6 is 0 Å². The predicted molar refractivity (Wildman–Crippen MR) is 84.7 cm³/mol. The number of nitrogens with one attached hydrogen (secondary N) is 2. The minimum Gasteiger partial charge on any atom is -0.481 e. The van der Waals surface area contributed by atoms with E-state index in [2.05, 4.69) is 10.9 Å². The third kappa shape index (κ3) is 12.7. The van der Waals surface area contributed by atoms with Gasteiger partial charge in [0.05, 0.1) is 12.0 Å². The molecule has 0 bridgehead atoms. The molecule has 24 heavy (non-hydrogen) atoms. The number of rotatable bonds is 8. The SMILES string of the molecule is CC(CC(C)(C)OOC(C)(C)C)OC(=O)NNC(=O)CCC(=O)O. The fourth-order valence-electron chi connectivity index (χ4n) is 1.62. The number of aliphatic carboxylic acids is 1. The first-order valence-corrected chi connectivity index (χ1v) is 7.65. The summed E-state index contributed by atoms with van der Waals surface area (Å²) in [7, 11) is 0. The molecule has 1 unspecified atom stereocenters. The zero-order valence-electron chi connectivity index (χ0n) is 15.1. The summed E-state index contributed by atoms with van der Waals surface area (Å²) >= 11 is 0. The molecule has 0 aliphatic rings. The van der Waals surface area contributed by atoms with Crippen LogP contribution in [-0.4, -0.2) is 40.4 Å². The van der Waals surface area contributed by atoms with E-state index < -0.39 is 35.3 Å². The summed E-state index contributed by atoms with van der Waals surface area (Å²) in [5.41, 5.74) is 2.98. The Morgan fingerprint density at radius 1 is 1.00 bits per heavy atom. The molecular formula is C15H28N2O7. The van der Waals surface area contributed by atoms with Gasteiger partial charge in [-0.25, -0.2) is 20.0 Å². The Labute approximate surface area is 141 Å². The summed E-state index contributed by atoms with van der Waals surface area (Å²) in [6, 6.07) is 0. The van der Waals surface area contributed by atoms with Crippen LogP contribution in [0.1, 0.15) is 60.8 Å². The van der Waals surface area contributed by atoms with Crippen LogP contribution in [0.2, 0.25) is 0 Å². The first-order chi connectivity index (χ1) is 10.8. The van der Waals surface area contributed by atoms with E-state index in [0.29, 0.717) is 6.42 Å². The third-order valence-corrected chi connectivity index (χ3v) is 2.47. The molecule has 2 amide bonds. The number of hydrogen-bond donors (Lipinski definition) is 3. The zero-order valence-corrected chi connectivity index (χ0v) is 15.1. The van der Waals surface area contributed by atoms with Gasteiger partial charge in [-0.1, -0.05) is 0 Å². The van der Waals surface area contributed by atoms with Gasteiger partial charge in [-0.3, -0.25) is 15.0 Å². The Morgan fingerprint density at radius 3 is 2.08 bits per heavy atom. The molecule has 0 aliphatic carbocycles. The quantitative estimate of drug-likeness (QED) is 0.452. The number of ether oxygens (including phenoxy) is 1. The minimum absolute atomic E-state index is 0.240. The maximum atomic E-state index is 11.6. The van der Waals surface area contributed by atoms with Crippen LogP contribution in [-0.2, 0) is 24.1 Å². The van der Waals surface area contributed by atoms with Crippen LogP contribution in [0.5, 0.6) is 0 Å². The van der Waals surface area contributed by atoms with E-state index in [-0.39, 0.29) is 12.8 Å². The minimum atomic E-state index is -1.10. The second-order valence-electron chi connectivity index (χ2n) is 7.03. The van der Waals surface area contributed by atoms with Crippen molar-refractivity contribution < 1.29 is 34.0 Å². The first-order valence-electron chi connectivity index (χ1n) is 7.65. The van der Waals surface area contributed by atoms with Crippen LogP contribution in [0.4, 0.5) is 4.79 Å². The maximum absolute atomic E-state index is 11.6. The molecule has 0 aromatic rings. The molecule has 0 aromatic heterocycles. The lowest BCUT2D eigenvalue weighted by Crippen LogP contribution is -2.43. The second-order valence-corrected chi connectivity index (χ2v) is 7.03. The molecule has 0 aliphatic heterocycles. The molecule has 9 heteroatoms.